The highest BCUT2D eigenvalue weighted by Gasteiger charge is 2.16. The number of nitrogens with one attached hydrogen (secondary N) is 1. The van der Waals surface area contributed by atoms with Gasteiger partial charge in [-0.1, -0.05) is 30.3 Å². The van der Waals surface area contributed by atoms with Gasteiger partial charge >= 0.3 is 0 Å². The van der Waals surface area contributed by atoms with Crippen LogP contribution in [0.5, 0.6) is 0 Å². The van der Waals surface area contributed by atoms with Crippen LogP contribution in [0.1, 0.15) is 29.7 Å². The van der Waals surface area contributed by atoms with Gasteiger partial charge in [0.15, 0.2) is 0 Å². The third kappa shape index (κ3) is 3.43. The van der Waals surface area contributed by atoms with E-state index in [1.54, 1.807) is 19.1 Å². The summed E-state index contributed by atoms with van der Waals surface area (Å²) in [6.07, 6.45) is -0.617. The van der Waals surface area contributed by atoms with Crippen molar-refractivity contribution in [2.45, 2.75) is 31.8 Å². The minimum absolute atomic E-state index is 0.176. The summed E-state index contributed by atoms with van der Waals surface area (Å²) in [5, 5.41) is 9.46. The average molecular weight is 305 g/mol. The maximum atomic E-state index is 12.4. The van der Waals surface area contributed by atoms with Gasteiger partial charge in [-0.25, -0.2) is 8.42 Å². The number of hydrogen-bond acceptors (Lipinski definition) is 3. The monoisotopic (exact) mass is 305 g/mol. The summed E-state index contributed by atoms with van der Waals surface area (Å²) in [6, 6.07) is 11.8. The summed E-state index contributed by atoms with van der Waals surface area (Å²) < 4.78 is 27.5. The van der Waals surface area contributed by atoms with Gasteiger partial charge in [0, 0.05) is 0 Å². The molecule has 0 aliphatic carbocycles. The highest BCUT2D eigenvalue weighted by molar-refractivity contribution is 7.92. The maximum absolute atomic E-state index is 12.4. The van der Waals surface area contributed by atoms with Gasteiger partial charge in [0.2, 0.25) is 0 Å². The number of aliphatic hydroxyl groups excluding tert-OH is 1. The summed E-state index contributed by atoms with van der Waals surface area (Å²) in [5.74, 6) is 0. The fourth-order valence-corrected chi connectivity index (χ4v) is 3.30. The molecule has 0 saturated heterocycles. The van der Waals surface area contributed by atoms with Gasteiger partial charge in [0.1, 0.15) is 0 Å². The number of aliphatic hydroxyl groups is 1. The second kappa shape index (κ2) is 5.87. The van der Waals surface area contributed by atoms with Gasteiger partial charge in [0.05, 0.1) is 16.7 Å². The Labute approximate surface area is 125 Å². The van der Waals surface area contributed by atoms with E-state index < -0.39 is 16.1 Å². The highest BCUT2D eigenvalue weighted by Crippen LogP contribution is 2.24. The molecule has 1 atom stereocenters. The van der Waals surface area contributed by atoms with Crippen LogP contribution in [0.2, 0.25) is 0 Å². The molecule has 5 heteroatoms. The van der Waals surface area contributed by atoms with Crippen molar-refractivity contribution in [2.24, 2.45) is 0 Å². The molecule has 0 spiro atoms. The zero-order valence-corrected chi connectivity index (χ0v) is 13.1. The molecule has 112 valence electrons. The van der Waals surface area contributed by atoms with Gasteiger partial charge in [-0.15, -0.1) is 0 Å². The van der Waals surface area contributed by atoms with Gasteiger partial charge in [-0.05, 0) is 49.6 Å². The number of para-hydroxylation sites is 1. The van der Waals surface area contributed by atoms with Crippen molar-refractivity contribution >= 4 is 15.7 Å². The first kappa shape index (κ1) is 15.5. The quantitative estimate of drug-likeness (QED) is 0.912. The van der Waals surface area contributed by atoms with E-state index in [2.05, 4.69) is 4.72 Å². The molecule has 0 saturated carbocycles. The largest absolute Gasteiger partial charge is 0.389 e. The number of anilines is 1. The van der Waals surface area contributed by atoms with Crippen LogP contribution in [0.25, 0.3) is 0 Å². The van der Waals surface area contributed by atoms with E-state index in [9.17, 15) is 13.5 Å². The molecule has 0 radical (unpaired) electrons. The predicted octanol–water partition coefficient (Wildman–Crippen LogP) is 3.16. The summed E-state index contributed by atoms with van der Waals surface area (Å²) in [7, 11) is -3.63. The lowest BCUT2D eigenvalue weighted by atomic mass is 10.1. The van der Waals surface area contributed by atoms with Crippen LogP contribution in [0, 0.1) is 13.8 Å². The SMILES string of the molecule is Cc1cccc(C)c1NS(=O)(=O)c1ccc(C(C)O)cc1. The van der Waals surface area contributed by atoms with Crippen LogP contribution in [0.3, 0.4) is 0 Å². The normalized spacial score (nSPS) is 13.0. The third-order valence-electron chi connectivity index (χ3n) is 3.39. The van der Waals surface area contributed by atoms with Crippen molar-refractivity contribution in [3.05, 3.63) is 59.2 Å². The lowest BCUT2D eigenvalue weighted by Crippen LogP contribution is -2.14. The van der Waals surface area contributed by atoms with Crippen molar-refractivity contribution < 1.29 is 13.5 Å². The summed E-state index contributed by atoms with van der Waals surface area (Å²) in [4.78, 5) is 0.176. The van der Waals surface area contributed by atoms with Gasteiger partial charge in [0.25, 0.3) is 10.0 Å². The highest BCUT2D eigenvalue weighted by atomic mass is 32.2. The Morgan fingerprint density at radius 1 is 1.00 bits per heavy atom. The summed E-state index contributed by atoms with van der Waals surface area (Å²) >= 11 is 0. The number of rotatable bonds is 4. The topological polar surface area (TPSA) is 66.4 Å². The van der Waals surface area contributed by atoms with Crippen molar-refractivity contribution in [3.8, 4) is 0 Å². The fourth-order valence-electron chi connectivity index (χ4n) is 2.09. The van der Waals surface area contributed by atoms with Crippen molar-refractivity contribution in [2.75, 3.05) is 4.72 Å². The van der Waals surface area contributed by atoms with Crippen LogP contribution < -0.4 is 4.72 Å². The summed E-state index contributed by atoms with van der Waals surface area (Å²) in [5.41, 5.74) is 3.04. The molecule has 0 bridgehead atoms. The van der Waals surface area contributed by atoms with E-state index in [1.807, 2.05) is 32.0 Å². The van der Waals surface area contributed by atoms with E-state index in [-0.39, 0.29) is 4.90 Å². The standard InChI is InChI=1S/C16H19NO3S/c1-11-5-4-6-12(2)16(11)17-21(19,20)15-9-7-14(8-10-15)13(3)18/h4-10,13,17-18H,1-3H3. The molecule has 0 aliphatic heterocycles. The first-order valence-corrected chi connectivity index (χ1v) is 8.16. The Hall–Kier alpha value is -1.85. The second-order valence-corrected chi connectivity index (χ2v) is 6.80. The van der Waals surface area contributed by atoms with E-state index in [4.69, 9.17) is 0 Å². The Morgan fingerprint density at radius 2 is 1.52 bits per heavy atom. The molecule has 4 nitrogen and oxygen atoms in total. The van der Waals surface area contributed by atoms with Crippen molar-refractivity contribution in [1.82, 2.24) is 0 Å². The minimum Gasteiger partial charge on any atom is -0.389 e. The molecule has 2 rings (SSSR count). The molecule has 2 aromatic carbocycles. The average Bonchev–Trinajstić information content (AvgIpc) is 2.43. The molecular formula is C16H19NO3S. The number of benzene rings is 2. The zero-order chi connectivity index (χ0) is 15.6. The third-order valence-corrected chi connectivity index (χ3v) is 4.76. The number of hydrogen-bond donors (Lipinski definition) is 2. The van der Waals surface area contributed by atoms with E-state index in [0.717, 1.165) is 11.1 Å². The number of sulfonamides is 1. The van der Waals surface area contributed by atoms with Crippen molar-refractivity contribution in [3.63, 3.8) is 0 Å². The van der Waals surface area contributed by atoms with Crippen LogP contribution in [0.4, 0.5) is 5.69 Å². The maximum Gasteiger partial charge on any atom is 0.261 e. The van der Waals surface area contributed by atoms with Crippen LogP contribution in [0.15, 0.2) is 47.4 Å². The molecule has 21 heavy (non-hydrogen) atoms. The molecule has 0 amide bonds. The van der Waals surface area contributed by atoms with Crippen molar-refractivity contribution in [1.29, 1.82) is 0 Å². The van der Waals surface area contributed by atoms with E-state index in [0.29, 0.717) is 11.3 Å². The molecule has 2 aromatic rings. The van der Waals surface area contributed by atoms with Crippen LogP contribution in [-0.2, 0) is 10.0 Å². The number of aryl methyl sites for hydroxylation is 2. The Bertz CT molecular complexity index is 714. The second-order valence-electron chi connectivity index (χ2n) is 5.12. The van der Waals surface area contributed by atoms with Gasteiger partial charge in [-0.2, -0.15) is 0 Å². The van der Waals surface area contributed by atoms with E-state index in [1.165, 1.54) is 12.1 Å². The smallest absolute Gasteiger partial charge is 0.261 e. The lowest BCUT2D eigenvalue weighted by molar-refractivity contribution is 0.199. The molecule has 0 heterocycles. The molecule has 0 aliphatic rings. The minimum atomic E-state index is -3.63. The molecule has 2 N–H and O–H groups in total. The molecule has 0 fully saturated rings. The molecule has 1 unspecified atom stereocenters. The molecular weight excluding hydrogens is 286 g/mol. The zero-order valence-electron chi connectivity index (χ0n) is 12.3. The van der Waals surface area contributed by atoms with Gasteiger partial charge < -0.3 is 5.11 Å². The fraction of sp³-hybridized carbons (Fsp3) is 0.250. The first-order valence-electron chi connectivity index (χ1n) is 6.68. The molecule has 0 aromatic heterocycles. The predicted molar refractivity (Wildman–Crippen MR) is 83.8 cm³/mol. The van der Waals surface area contributed by atoms with Gasteiger partial charge in [-0.3, -0.25) is 4.72 Å². The first-order chi connectivity index (χ1) is 9.81. The Morgan fingerprint density at radius 3 is 2.00 bits per heavy atom. The Kier molecular flexibility index (Phi) is 4.34. The lowest BCUT2D eigenvalue weighted by Gasteiger charge is -2.13. The van der Waals surface area contributed by atoms with Crippen LogP contribution in [-0.4, -0.2) is 13.5 Å². The van der Waals surface area contributed by atoms with E-state index >= 15 is 0 Å². The Balaban J connectivity index is 2.34. The summed E-state index contributed by atoms with van der Waals surface area (Å²) in [6.45, 7) is 5.36. The van der Waals surface area contributed by atoms with Crippen LogP contribution >= 0.6 is 0 Å².